The van der Waals surface area contributed by atoms with E-state index in [1.807, 2.05) is 13.8 Å². The van der Waals surface area contributed by atoms with Gasteiger partial charge in [0.05, 0.1) is 6.04 Å². The Morgan fingerprint density at radius 2 is 2.00 bits per heavy atom. The van der Waals surface area contributed by atoms with Crippen LogP contribution in [-0.2, 0) is 4.79 Å². The van der Waals surface area contributed by atoms with Crippen molar-refractivity contribution >= 4 is 5.91 Å². The second-order valence-electron chi connectivity index (χ2n) is 6.14. The van der Waals surface area contributed by atoms with Gasteiger partial charge in [0.1, 0.15) is 0 Å². The first kappa shape index (κ1) is 16.4. The summed E-state index contributed by atoms with van der Waals surface area (Å²) >= 11 is 0. The quantitative estimate of drug-likeness (QED) is 0.705. The highest BCUT2D eigenvalue weighted by Crippen LogP contribution is 2.21. The summed E-state index contributed by atoms with van der Waals surface area (Å²) in [7, 11) is 0. The number of piperidine rings is 1. The Hall–Kier alpha value is -0.610. The van der Waals surface area contributed by atoms with Gasteiger partial charge in [0, 0.05) is 12.6 Å². The smallest absolute Gasteiger partial charge is 0.234 e. The van der Waals surface area contributed by atoms with Crippen molar-refractivity contribution in [1.82, 2.24) is 10.2 Å². The van der Waals surface area contributed by atoms with Crippen LogP contribution in [0, 0.1) is 5.92 Å². The number of primary amides is 1. The van der Waals surface area contributed by atoms with Gasteiger partial charge < -0.3 is 16.0 Å². The molecule has 3 N–H and O–H groups in total. The van der Waals surface area contributed by atoms with E-state index in [-0.39, 0.29) is 11.9 Å². The summed E-state index contributed by atoms with van der Waals surface area (Å²) in [5.74, 6) is 0.691. The molecule has 19 heavy (non-hydrogen) atoms. The molecule has 1 aliphatic rings. The van der Waals surface area contributed by atoms with Crippen molar-refractivity contribution < 1.29 is 4.79 Å². The van der Waals surface area contributed by atoms with Crippen LogP contribution in [0.3, 0.4) is 0 Å². The molecule has 0 aromatic heterocycles. The first-order chi connectivity index (χ1) is 9.02. The Kier molecular flexibility index (Phi) is 7.39. The molecule has 1 unspecified atom stereocenters. The first-order valence-corrected chi connectivity index (χ1v) is 7.80. The van der Waals surface area contributed by atoms with Crippen molar-refractivity contribution in [2.24, 2.45) is 11.7 Å². The maximum Gasteiger partial charge on any atom is 0.234 e. The number of carbonyl (C=O) groups excluding carboxylic acids is 1. The largest absolute Gasteiger partial charge is 0.368 e. The molecule has 112 valence electrons. The van der Waals surface area contributed by atoms with Crippen LogP contribution in [-0.4, -0.2) is 42.5 Å². The van der Waals surface area contributed by atoms with Crippen LogP contribution in [0.25, 0.3) is 0 Å². The highest BCUT2D eigenvalue weighted by molar-refractivity contribution is 5.79. The molecule has 0 spiro atoms. The fourth-order valence-electron chi connectivity index (χ4n) is 2.93. The van der Waals surface area contributed by atoms with Crippen LogP contribution in [0.2, 0.25) is 0 Å². The van der Waals surface area contributed by atoms with Crippen LogP contribution < -0.4 is 11.1 Å². The lowest BCUT2D eigenvalue weighted by Crippen LogP contribution is -2.47. The van der Waals surface area contributed by atoms with Crippen LogP contribution >= 0.6 is 0 Å². The minimum absolute atomic E-state index is 0.187. The van der Waals surface area contributed by atoms with E-state index in [2.05, 4.69) is 17.1 Å². The fourth-order valence-corrected chi connectivity index (χ4v) is 2.93. The predicted molar refractivity (Wildman–Crippen MR) is 79.9 cm³/mol. The number of nitrogens with two attached hydrogens (primary N) is 1. The van der Waals surface area contributed by atoms with E-state index in [0.29, 0.717) is 6.04 Å². The van der Waals surface area contributed by atoms with Gasteiger partial charge >= 0.3 is 0 Å². The Morgan fingerprint density at radius 1 is 1.37 bits per heavy atom. The lowest BCUT2D eigenvalue weighted by molar-refractivity contribution is -0.120. The number of hydrogen-bond acceptors (Lipinski definition) is 3. The number of nitrogens with one attached hydrogen (secondary N) is 1. The van der Waals surface area contributed by atoms with Gasteiger partial charge in [-0.25, -0.2) is 0 Å². The third-order valence-corrected chi connectivity index (χ3v) is 4.02. The molecule has 1 amide bonds. The average Bonchev–Trinajstić information content (AvgIpc) is 2.36. The van der Waals surface area contributed by atoms with Crippen molar-refractivity contribution in [2.45, 2.75) is 65.0 Å². The van der Waals surface area contributed by atoms with Crippen molar-refractivity contribution in [3.05, 3.63) is 0 Å². The SMILES string of the molecule is CCCC1CCN(CCC(NC(C)C)C(N)=O)CC1. The number of amides is 1. The summed E-state index contributed by atoms with van der Waals surface area (Å²) in [4.78, 5) is 13.9. The average molecular weight is 269 g/mol. The topological polar surface area (TPSA) is 58.4 Å². The highest BCUT2D eigenvalue weighted by Gasteiger charge is 2.21. The van der Waals surface area contributed by atoms with Crippen LogP contribution in [0.5, 0.6) is 0 Å². The Bertz CT molecular complexity index is 260. The predicted octanol–water partition coefficient (Wildman–Crippen LogP) is 1.74. The van der Waals surface area contributed by atoms with Crippen molar-refractivity contribution in [3.63, 3.8) is 0 Å². The van der Waals surface area contributed by atoms with Crippen molar-refractivity contribution in [1.29, 1.82) is 0 Å². The molecule has 1 saturated heterocycles. The summed E-state index contributed by atoms with van der Waals surface area (Å²) in [6, 6.07) is 0.112. The second-order valence-corrected chi connectivity index (χ2v) is 6.14. The monoisotopic (exact) mass is 269 g/mol. The molecule has 1 fully saturated rings. The summed E-state index contributed by atoms with van der Waals surface area (Å²) in [6.45, 7) is 9.70. The van der Waals surface area contributed by atoms with Gasteiger partial charge in [-0.2, -0.15) is 0 Å². The maximum absolute atomic E-state index is 11.4. The van der Waals surface area contributed by atoms with E-state index in [1.165, 1.54) is 38.8 Å². The van der Waals surface area contributed by atoms with Gasteiger partial charge in [-0.15, -0.1) is 0 Å². The van der Waals surface area contributed by atoms with E-state index in [4.69, 9.17) is 5.73 Å². The number of likely N-dealkylation sites (tertiary alicyclic amines) is 1. The zero-order valence-electron chi connectivity index (χ0n) is 12.8. The van der Waals surface area contributed by atoms with E-state index in [1.54, 1.807) is 0 Å². The standard InChI is InChI=1S/C15H31N3O/c1-4-5-13-6-9-18(10-7-13)11-8-14(15(16)19)17-12(2)3/h12-14,17H,4-11H2,1-3H3,(H2,16,19). The zero-order valence-corrected chi connectivity index (χ0v) is 12.8. The molecule has 0 aliphatic carbocycles. The second kappa shape index (κ2) is 8.54. The third-order valence-electron chi connectivity index (χ3n) is 4.02. The molecule has 1 aliphatic heterocycles. The fraction of sp³-hybridized carbons (Fsp3) is 0.933. The van der Waals surface area contributed by atoms with Gasteiger partial charge in [0.25, 0.3) is 0 Å². The van der Waals surface area contributed by atoms with Gasteiger partial charge in [-0.05, 0) is 38.3 Å². The highest BCUT2D eigenvalue weighted by atomic mass is 16.1. The van der Waals surface area contributed by atoms with E-state index in [9.17, 15) is 4.79 Å². The third kappa shape index (κ3) is 6.39. The molecule has 0 saturated carbocycles. The number of rotatable bonds is 8. The summed E-state index contributed by atoms with van der Waals surface area (Å²) < 4.78 is 0. The first-order valence-electron chi connectivity index (χ1n) is 7.80. The van der Waals surface area contributed by atoms with Crippen molar-refractivity contribution in [3.8, 4) is 0 Å². The lowest BCUT2D eigenvalue weighted by Gasteiger charge is -2.32. The summed E-state index contributed by atoms with van der Waals surface area (Å²) in [5, 5.41) is 3.25. The van der Waals surface area contributed by atoms with Gasteiger partial charge in [-0.3, -0.25) is 4.79 Å². The molecular weight excluding hydrogens is 238 g/mol. The molecule has 4 nitrogen and oxygen atoms in total. The minimum Gasteiger partial charge on any atom is -0.368 e. The van der Waals surface area contributed by atoms with Gasteiger partial charge in [0.2, 0.25) is 5.91 Å². The number of nitrogens with zero attached hydrogens (tertiary/aromatic N) is 1. The van der Waals surface area contributed by atoms with E-state index in [0.717, 1.165) is 18.9 Å². The van der Waals surface area contributed by atoms with E-state index < -0.39 is 0 Å². The zero-order chi connectivity index (χ0) is 14.3. The van der Waals surface area contributed by atoms with Crippen LogP contribution in [0.4, 0.5) is 0 Å². The molecule has 4 heteroatoms. The van der Waals surface area contributed by atoms with Crippen molar-refractivity contribution in [2.75, 3.05) is 19.6 Å². The number of carbonyl (C=O) groups is 1. The van der Waals surface area contributed by atoms with Crippen LogP contribution in [0.15, 0.2) is 0 Å². The lowest BCUT2D eigenvalue weighted by atomic mass is 9.92. The Labute approximate surface area is 118 Å². The van der Waals surface area contributed by atoms with Crippen LogP contribution in [0.1, 0.15) is 52.9 Å². The summed E-state index contributed by atoms with van der Waals surface area (Å²) in [5.41, 5.74) is 5.44. The molecule has 0 bridgehead atoms. The molecule has 0 aromatic rings. The molecule has 1 atom stereocenters. The maximum atomic E-state index is 11.4. The van der Waals surface area contributed by atoms with E-state index >= 15 is 0 Å². The molecule has 1 heterocycles. The summed E-state index contributed by atoms with van der Waals surface area (Å²) in [6.07, 6.45) is 6.12. The Balaban J connectivity index is 2.26. The normalized spacial score (nSPS) is 19.8. The molecule has 0 radical (unpaired) electrons. The van der Waals surface area contributed by atoms with Gasteiger partial charge in [-0.1, -0.05) is 33.6 Å². The number of hydrogen-bond donors (Lipinski definition) is 2. The Morgan fingerprint density at radius 3 is 2.47 bits per heavy atom. The molecular formula is C15H31N3O. The molecule has 0 aromatic carbocycles. The molecule has 1 rings (SSSR count). The van der Waals surface area contributed by atoms with Gasteiger partial charge in [0.15, 0.2) is 0 Å². The minimum atomic E-state index is -0.227.